The number of rotatable bonds is 4. The number of thioether (sulfide) groups is 1. The summed E-state index contributed by atoms with van der Waals surface area (Å²) < 4.78 is 0. The van der Waals surface area contributed by atoms with Crippen molar-refractivity contribution in [2.24, 2.45) is 0 Å². The van der Waals surface area contributed by atoms with Crippen LogP contribution in [0.3, 0.4) is 0 Å². The second-order valence-electron chi connectivity index (χ2n) is 5.18. The zero-order chi connectivity index (χ0) is 17.1. The second-order valence-corrected chi connectivity index (χ2v) is 6.23. The minimum absolute atomic E-state index is 0.152. The SMILES string of the molecule is CC(=O)Nc1ccc(N[C@H]2SC(=O)N(c3ccccc3)C2=O)cc1. The fourth-order valence-electron chi connectivity index (χ4n) is 2.32. The van der Waals surface area contributed by atoms with Gasteiger partial charge in [0.25, 0.3) is 11.1 Å². The molecule has 0 unspecified atom stereocenters. The van der Waals surface area contributed by atoms with Crippen molar-refractivity contribution in [1.29, 1.82) is 0 Å². The topological polar surface area (TPSA) is 78.5 Å². The van der Waals surface area contributed by atoms with Crippen LogP contribution in [0.25, 0.3) is 0 Å². The van der Waals surface area contributed by atoms with Crippen LogP contribution in [-0.4, -0.2) is 22.4 Å². The van der Waals surface area contributed by atoms with Gasteiger partial charge in [-0.25, -0.2) is 4.90 Å². The molecule has 2 aromatic carbocycles. The van der Waals surface area contributed by atoms with E-state index in [1.807, 2.05) is 6.07 Å². The van der Waals surface area contributed by atoms with Crippen molar-refractivity contribution < 1.29 is 14.4 Å². The van der Waals surface area contributed by atoms with Crippen molar-refractivity contribution in [3.05, 3.63) is 54.6 Å². The summed E-state index contributed by atoms with van der Waals surface area (Å²) >= 11 is 0.943. The highest BCUT2D eigenvalue weighted by molar-refractivity contribution is 8.16. The number of para-hydroxylation sites is 1. The van der Waals surface area contributed by atoms with E-state index in [4.69, 9.17) is 0 Å². The van der Waals surface area contributed by atoms with Crippen LogP contribution in [0.5, 0.6) is 0 Å². The van der Waals surface area contributed by atoms with Crippen LogP contribution in [0.2, 0.25) is 0 Å². The molecule has 3 amide bonds. The van der Waals surface area contributed by atoms with Gasteiger partial charge in [-0.2, -0.15) is 0 Å². The van der Waals surface area contributed by atoms with Crippen LogP contribution < -0.4 is 15.5 Å². The van der Waals surface area contributed by atoms with Gasteiger partial charge in [0, 0.05) is 18.3 Å². The number of imide groups is 1. The lowest BCUT2D eigenvalue weighted by molar-refractivity contribution is -0.116. The minimum Gasteiger partial charge on any atom is -0.365 e. The van der Waals surface area contributed by atoms with E-state index in [9.17, 15) is 14.4 Å². The molecule has 1 atom stereocenters. The van der Waals surface area contributed by atoms with Gasteiger partial charge < -0.3 is 10.6 Å². The van der Waals surface area contributed by atoms with Gasteiger partial charge in [0.2, 0.25) is 5.91 Å². The molecular weight excluding hydrogens is 326 g/mol. The first-order chi connectivity index (χ1) is 11.5. The Bertz CT molecular complexity index is 777. The van der Waals surface area contributed by atoms with E-state index in [1.165, 1.54) is 11.8 Å². The predicted molar refractivity (Wildman–Crippen MR) is 95.1 cm³/mol. The summed E-state index contributed by atoms with van der Waals surface area (Å²) in [5.41, 5.74) is 1.92. The van der Waals surface area contributed by atoms with Crippen LogP contribution in [0, 0.1) is 0 Å². The fraction of sp³-hybridized carbons (Fsp3) is 0.118. The molecule has 1 aliphatic heterocycles. The first-order valence-electron chi connectivity index (χ1n) is 7.28. The van der Waals surface area contributed by atoms with E-state index in [1.54, 1.807) is 48.5 Å². The summed E-state index contributed by atoms with van der Waals surface area (Å²) in [5.74, 6) is -0.455. The molecule has 1 fully saturated rings. The molecule has 3 rings (SSSR count). The molecule has 1 heterocycles. The number of nitrogens with one attached hydrogen (secondary N) is 2. The normalized spacial score (nSPS) is 17.0. The van der Waals surface area contributed by atoms with Crippen molar-refractivity contribution in [3.8, 4) is 0 Å². The molecule has 2 aromatic rings. The van der Waals surface area contributed by atoms with Gasteiger partial charge in [-0.05, 0) is 48.2 Å². The van der Waals surface area contributed by atoms with Crippen molar-refractivity contribution >= 4 is 45.9 Å². The molecule has 24 heavy (non-hydrogen) atoms. The smallest absolute Gasteiger partial charge is 0.295 e. The minimum atomic E-state index is -0.677. The van der Waals surface area contributed by atoms with E-state index in [0.717, 1.165) is 11.8 Å². The molecule has 0 bridgehead atoms. The van der Waals surface area contributed by atoms with Crippen molar-refractivity contribution in [3.63, 3.8) is 0 Å². The zero-order valence-corrected chi connectivity index (χ0v) is 13.7. The van der Waals surface area contributed by atoms with Crippen LogP contribution in [0.15, 0.2) is 54.6 Å². The molecular formula is C17H15N3O3S. The lowest BCUT2D eigenvalue weighted by Crippen LogP contribution is -2.34. The van der Waals surface area contributed by atoms with Crippen LogP contribution in [0.1, 0.15) is 6.92 Å². The number of amides is 3. The van der Waals surface area contributed by atoms with E-state index in [0.29, 0.717) is 17.1 Å². The summed E-state index contributed by atoms with van der Waals surface area (Å²) in [6.07, 6.45) is 0. The maximum atomic E-state index is 12.5. The van der Waals surface area contributed by atoms with E-state index >= 15 is 0 Å². The average molecular weight is 341 g/mol. The molecule has 2 N–H and O–H groups in total. The van der Waals surface area contributed by atoms with Gasteiger partial charge in [0.1, 0.15) is 0 Å². The Morgan fingerprint density at radius 3 is 2.25 bits per heavy atom. The summed E-state index contributed by atoms with van der Waals surface area (Å²) in [5, 5.41) is 4.72. The van der Waals surface area contributed by atoms with Crippen LogP contribution in [0.4, 0.5) is 21.9 Å². The largest absolute Gasteiger partial charge is 0.365 e. The Morgan fingerprint density at radius 1 is 1.00 bits per heavy atom. The van der Waals surface area contributed by atoms with Gasteiger partial charge in [-0.1, -0.05) is 18.2 Å². The summed E-state index contributed by atoms with van der Waals surface area (Å²) in [4.78, 5) is 36.8. The summed E-state index contributed by atoms with van der Waals surface area (Å²) in [6.45, 7) is 1.43. The molecule has 122 valence electrons. The first-order valence-corrected chi connectivity index (χ1v) is 8.16. The molecule has 0 aromatic heterocycles. The quantitative estimate of drug-likeness (QED) is 0.892. The Balaban J connectivity index is 1.71. The van der Waals surface area contributed by atoms with Gasteiger partial charge in [0.05, 0.1) is 5.69 Å². The third-order valence-corrected chi connectivity index (χ3v) is 4.30. The fourth-order valence-corrected chi connectivity index (χ4v) is 3.22. The predicted octanol–water partition coefficient (Wildman–Crippen LogP) is 3.28. The third-order valence-electron chi connectivity index (χ3n) is 3.36. The Hall–Kier alpha value is -2.80. The summed E-state index contributed by atoms with van der Waals surface area (Å²) in [7, 11) is 0. The number of carbonyl (C=O) groups excluding carboxylic acids is 3. The van der Waals surface area contributed by atoms with Gasteiger partial charge >= 0.3 is 0 Å². The maximum Gasteiger partial charge on any atom is 0.295 e. The van der Waals surface area contributed by atoms with E-state index < -0.39 is 5.37 Å². The maximum absolute atomic E-state index is 12.5. The number of benzene rings is 2. The molecule has 0 radical (unpaired) electrons. The number of hydrogen-bond donors (Lipinski definition) is 2. The van der Waals surface area contributed by atoms with E-state index in [2.05, 4.69) is 10.6 Å². The van der Waals surface area contributed by atoms with Gasteiger partial charge in [0.15, 0.2) is 5.37 Å². The lowest BCUT2D eigenvalue weighted by Gasteiger charge is -2.15. The number of hydrogen-bond acceptors (Lipinski definition) is 5. The van der Waals surface area contributed by atoms with Gasteiger partial charge in [-0.15, -0.1) is 0 Å². The molecule has 0 aliphatic carbocycles. The van der Waals surface area contributed by atoms with Crippen molar-refractivity contribution in [2.45, 2.75) is 12.3 Å². The first kappa shape index (κ1) is 16.1. The third kappa shape index (κ3) is 3.41. The highest BCUT2D eigenvalue weighted by atomic mass is 32.2. The van der Waals surface area contributed by atoms with Gasteiger partial charge in [-0.3, -0.25) is 14.4 Å². The molecule has 6 nitrogen and oxygen atoms in total. The Labute approximate surface area is 143 Å². The highest BCUT2D eigenvalue weighted by Crippen LogP contribution is 2.32. The van der Waals surface area contributed by atoms with Crippen LogP contribution >= 0.6 is 11.8 Å². The van der Waals surface area contributed by atoms with Crippen LogP contribution in [-0.2, 0) is 9.59 Å². The van der Waals surface area contributed by atoms with E-state index in [-0.39, 0.29) is 17.1 Å². The number of nitrogens with zero attached hydrogens (tertiary/aromatic N) is 1. The number of anilines is 3. The van der Waals surface area contributed by atoms with Crippen molar-refractivity contribution in [1.82, 2.24) is 0 Å². The zero-order valence-electron chi connectivity index (χ0n) is 12.9. The monoisotopic (exact) mass is 341 g/mol. The Kier molecular flexibility index (Phi) is 4.52. The standard InChI is InChI=1S/C17H15N3O3S/c1-11(21)18-12-7-9-13(10-8-12)19-15-16(22)20(17(23)24-15)14-5-3-2-4-6-14/h2-10,15,19H,1H3,(H,18,21)/t15-/m0/s1. The average Bonchev–Trinajstić information content (AvgIpc) is 2.83. The molecule has 7 heteroatoms. The summed E-state index contributed by atoms with van der Waals surface area (Å²) in [6, 6.07) is 15.8. The highest BCUT2D eigenvalue weighted by Gasteiger charge is 2.40. The molecule has 0 saturated carbocycles. The lowest BCUT2D eigenvalue weighted by atomic mass is 10.2. The molecule has 0 spiro atoms. The van der Waals surface area contributed by atoms with Crippen molar-refractivity contribution in [2.75, 3.05) is 15.5 Å². The molecule has 1 saturated heterocycles. The number of carbonyl (C=O) groups is 3. The Morgan fingerprint density at radius 2 is 1.62 bits per heavy atom. The second kappa shape index (κ2) is 6.76. The molecule has 1 aliphatic rings.